The predicted molar refractivity (Wildman–Crippen MR) is 109 cm³/mol. The molecule has 0 atom stereocenters. The standard InChI is InChI=1S/C21H21N5O3/c1-13-10-14(2)18-8-5-9-24(19(18)11-13)21(27)20-15(3)25(23-22-20)16-6-4-7-17(12-16)26(28)29/h4,6-7,10-12H,5,8-9H2,1-3H3. The number of nitro groups is 1. The highest BCUT2D eigenvalue weighted by atomic mass is 16.6. The molecular weight excluding hydrogens is 370 g/mol. The van der Waals surface area contributed by atoms with E-state index in [-0.39, 0.29) is 17.3 Å². The summed E-state index contributed by atoms with van der Waals surface area (Å²) in [5.74, 6) is -0.204. The van der Waals surface area contributed by atoms with Crippen LogP contribution in [0.3, 0.4) is 0 Å². The number of amides is 1. The fraction of sp³-hybridized carbons (Fsp3) is 0.286. The van der Waals surface area contributed by atoms with Crippen LogP contribution in [0.25, 0.3) is 5.69 Å². The SMILES string of the molecule is Cc1cc(C)c2c(c1)N(C(=O)c1nnn(-c3cccc([N+](=O)[O-])c3)c1C)CCC2. The van der Waals surface area contributed by atoms with Gasteiger partial charge in [0.2, 0.25) is 0 Å². The van der Waals surface area contributed by atoms with Crippen molar-refractivity contribution in [3.8, 4) is 5.69 Å². The molecule has 3 aromatic rings. The zero-order valence-corrected chi connectivity index (χ0v) is 16.5. The van der Waals surface area contributed by atoms with Crippen LogP contribution in [0.2, 0.25) is 0 Å². The van der Waals surface area contributed by atoms with Crippen molar-refractivity contribution in [1.29, 1.82) is 0 Å². The molecule has 29 heavy (non-hydrogen) atoms. The molecule has 4 rings (SSSR count). The average molecular weight is 391 g/mol. The lowest BCUT2D eigenvalue weighted by molar-refractivity contribution is -0.384. The number of nitro benzene ring substituents is 1. The molecule has 0 bridgehead atoms. The van der Waals surface area contributed by atoms with Crippen LogP contribution >= 0.6 is 0 Å². The number of rotatable bonds is 3. The maximum Gasteiger partial charge on any atom is 0.280 e. The lowest BCUT2D eigenvalue weighted by Crippen LogP contribution is -2.36. The van der Waals surface area contributed by atoms with Crippen molar-refractivity contribution >= 4 is 17.3 Å². The summed E-state index contributed by atoms with van der Waals surface area (Å²) in [4.78, 5) is 25.7. The Hall–Kier alpha value is -3.55. The second kappa shape index (κ2) is 7.12. The molecule has 0 radical (unpaired) electrons. The first-order valence-electron chi connectivity index (χ1n) is 9.46. The molecule has 0 unspecified atom stereocenters. The van der Waals surface area contributed by atoms with Gasteiger partial charge in [0.1, 0.15) is 0 Å². The summed E-state index contributed by atoms with van der Waals surface area (Å²) in [7, 11) is 0. The van der Waals surface area contributed by atoms with Gasteiger partial charge in [0.15, 0.2) is 5.69 Å². The Morgan fingerprint density at radius 1 is 1.17 bits per heavy atom. The monoisotopic (exact) mass is 391 g/mol. The van der Waals surface area contributed by atoms with Gasteiger partial charge < -0.3 is 4.90 Å². The molecule has 148 valence electrons. The van der Waals surface area contributed by atoms with Gasteiger partial charge in [0.25, 0.3) is 11.6 Å². The van der Waals surface area contributed by atoms with Crippen LogP contribution in [0.4, 0.5) is 11.4 Å². The minimum atomic E-state index is -0.461. The van der Waals surface area contributed by atoms with Crippen molar-refractivity contribution in [3.05, 3.63) is 74.6 Å². The van der Waals surface area contributed by atoms with Crippen molar-refractivity contribution in [1.82, 2.24) is 15.0 Å². The zero-order chi connectivity index (χ0) is 20.7. The van der Waals surface area contributed by atoms with Crippen LogP contribution in [0.15, 0.2) is 36.4 Å². The Bertz CT molecular complexity index is 1140. The number of aromatic nitrogens is 3. The van der Waals surface area contributed by atoms with E-state index in [9.17, 15) is 14.9 Å². The van der Waals surface area contributed by atoms with E-state index in [0.717, 1.165) is 24.1 Å². The highest BCUT2D eigenvalue weighted by molar-refractivity contribution is 6.06. The quantitative estimate of drug-likeness (QED) is 0.501. The molecule has 0 saturated carbocycles. The average Bonchev–Trinajstić information content (AvgIpc) is 3.08. The molecule has 0 N–H and O–H groups in total. The van der Waals surface area contributed by atoms with Crippen molar-refractivity contribution in [3.63, 3.8) is 0 Å². The largest absolute Gasteiger partial charge is 0.307 e. The lowest BCUT2D eigenvalue weighted by Gasteiger charge is -2.30. The number of carbonyl (C=O) groups excluding carboxylic acids is 1. The molecule has 8 nitrogen and oxygen atoms in total. The molecule has 0 saturated heterocycles. The maximum atomic E-state index is 13.3. The number of aryl methyl sites for hydroxylation is 2. The number of hydrogen-bond donors (Lipinski definition) is 0. The Morgan fingerprint density at radius 3 is 2.72 bits per heavy atom. The van der Waals surface area contributed by atoms with Gasteiger partial charge in [-0.05, 0) is 62.4 Å². The van der Waals surface area contributed by atoms with E-state index >= 15 is 0 Å². The first-order chi connectivity index (χ1) is 13.9. The van der Waals surface area contributed by atoms with Crippen molar-refractivity contribution in [2.45, 2.75) is 33.6 Å². The number of carbonyl (C=O) groups is 1. The number of fused-ring (bicyclic) bond motifs is 1. The van der Waals surface area contributed by atoms with E-state index in [0.29, 0.717) is 17.9 Å². The summed E-state index contributed by atoms with van der Waals surface area (Å²) in [5.41, 5.74) is 5.68. The van der Waals surface area contributed by atoms with E-state index in [2.05, 4.69) is 23.3 Å². The first-order valence-corrected chi connectivity index (χ1v) is 9.46. The van der Waals surface area contributed by atoms with Gasteiger partial charge in [-0.1, -0.05) is 17.3 Å². The van der Waals surface area contributed by atoms with Crippen LogP contribution in [0.1, 0.15) is 39.3 Å². The molecule has 0 aliphatic carbocycles. The molecule has 8 heteroatoms. The second-order valence-corrected chi connectivity index (χ2v) is 7.35. The number of anilines is 1. The third-order valence-corrected chi connectivity index (χ3v) is 5.32. The molecule has 2 heterocycles. The molecular formula is C21H21N5O3. The van der Waals surface area contributed by atoms with Crippen LogP contribution < -0.4 is 4.90 Å². The molecule has 1 aliphatic rings. The van der Waals surface area contributed by atoms with E-state index in [4.69, 9.17) is 0 Å². The molecule has 0 spiro atoms. The van der Waals surface area contributed by atoms with Gasteiger partial charge in [0.05, 0.1) is 16.3 Å². The van der Waals surface area contributed by atoms with E-state index in [1.165, 1.54) is 27.9 Å². The summed E-state index contributed by atoms with van der Waals surface area (Å²) in [6, 6.07) is 10.3. The Morgan fingerprint density at radius 2 is 1.97 bits per heavy atom. The van der Waals surface area contributed by atoms with Crippen LogP contribution in [0.5, 0.6) is 0 Å². The molecule has 2 aromatic carbocycles. The maximum absolute atomic E-state index is 13.3. The molecule has 1 aromatic heterocycles. The summed E-state index contributed by atoms with van der Waals surface area (Å²) < 4.78 is 1.46. The van der Waals surface area contributed by atoms with E-state index in [1.807, 2.05) is 13.0 Å². The highest BCUT2D eigenvalue weighted by Crippen LogP contribution is 2.32. The van der Waals surface area contributed by atoms with Crippen LogP contribution in [-0.4, -0.2) is 32.4 Å². The summed E-state index contributed by atoms with van der Waals surface area (Å²) in [6.45, 7) is 6.47. The fourth-order valence-corrected chi connectivity index (χ4v) is 3.92. The number of nitrogens with zero attached hydrogens (tertiary/aromatic N) is 5. The van der Waals surface area contributed by atoms with E-state index in [1.54, 1.807) is 24.0 Å². The summed E-state index contributed by atoms with van der Waals surface area (Å²) in [5, 5.41) is 19.3. The van der Waals surface area contributed by atoms with Gasteiger partial charge >= 0.3 is 0 Å². The smallest absolute Gasteiger partial charge is 0.280 e. The zero-order valence-electron chi connectivity index (χ0n) is 16.5. The topological polar surface area (TPSA) is 94.2 Å². The van der Waals surface area contributed by atoms with Crippen LogP contribution in [-0.2, 0) is 6.42 Å². The molecule has 0 fully saturated rings. The normalized spacial score (nSPS) is 13.3. The van der Waals surface area contributed by atoms with Gasteiger partial charge in [-0.25, -0.2) is 4.68 Å². The number of hydrogen-bond acceptors (Lipinski definition) is 5. The minimum absolute atomic E-state index is 0.0406. The number of non-ortho nitro benzene ring substituents is 1. The Labute approximate surface area is 167 Å². The molecule has 1 amide bonds. The van der Waals surface area contributed by atoms with Gasteiger partial charge in [-0.2, -0.15) is 0 Å². The third-order valence-electron chi connectivity index (χ3n) is 5.32. The fourth-order valence-electron chi connectivity index (χ4n) is 3.92. The third kappa shape index (κ3) is 3.26. The number of benzene rings is 2. The van der Waals surface area contributed by atoms with Gasteiger partial charge in [-0.15, -0.1) is 5.10 Å². The van der Waals surface area contributed by atoms with Crippen LogP contribution in [0, 0.1) is 30.9 Å². The molecule has 1 aliphatic heterocycles. The lowest BCUT2D eigenvalue weighted by atomic mass is 9.95. The summed E-state index contributed by atoms with van der Waals surface area (Å²) in [6.07, 6.45) is 1.84. The first kappa shape index (κ1) is 18.8. The highest BCUT2D eigenvalue weighted by Gasteiger charge is 2.28. The second-order valence-electron chi connectivity index (χ2n) is 7.35. The van der Waals surface area contributed by atoms with Gasteiger partial charge in [0, 0.05) is 24.4 Å². The van der Waals surface area contributed by atoms with Gasteiger partial charge in [-0.3, -0.25) is 14.9 Å². The minimum Gasteiger partial charge on any atom is -0.307 e. The van der Waals surface area contributed by atoms with Crippen molar-refractivity contribution in [2.24, 2.45) is 0 Å². The van der Waals surface area contributed by atoms with Crippen molar-refractivity contribution in [2.75, 3.05) is 11.4 Å². The Balaban J connectivity index is 1.72. The predicted octanol–water partition coefficient (Wildman–Crippen LogP) is 3.69. The summed E-state index contributed by atoms with van der Waals surface area (Å²) >= 11 is 0. The van der Waals surface area contributed by atoms with E-state index < -0.39 is 4.92 Å². The Kier molecular flexibility index (Phi) is 4.62. The van der Waals surface area contributed by atoms with Crippen molar-refractivity contribution < 1.29 is 9.72 Å².